The highest BCUT2D eigenvalue weighted by Crippen LogP contribution is 1.93. The van der Waals surface area contributed by atoms with Crippen molar-refractivity contribution in [1.82, 2.24) is 9.97 Å². The van der Waals surface area contributed by atoms with Crippen LogP contribution in [0.25, 0.3) is 0 Å². The van der Waals surface area contributed by atoms with Crippen molar-refractivity contribution in [2.24, 2.45) is 0 Å². The molecule has 47 valence electrons. The van der Waals surface area contributed by atoms with E-state index in [0.29, 0.717) is 0 Å². The molecule has 0 N–H and O–H groups in total. The Morgan fingerprint density at radius 3 is 3.11 bits per heavy atom. The number of hydrogen-bond donors (Lipinski definition) is 0. The zero-order chi connectivity index (χ0) is 6.53. The minimum Gasteiger partial charge on any atom is -0.257 e. The summed E-state index contributed by atoms with van der Waals surface area (Å²) in [6.45, 7) is 2.12. The van der Waals surface area contributed by atoms with Crippen molar-refractivity contribution in [3.63, 3.8) is 0 Å². The van der Waals surface area contributed by atoms with Crippen LogP contribution in [0, 0.1) is 6.20 Å². The van der Waals surface area contributed by atoms with Crippen LogP contribution in [0.2, 0.25) is 0 Å². The largest absolute Gasteiger partial charge is 0.257 e. The third kappa shape index (κ3) is 1.80. The van der Waals surface area contributed by atoms with Gasteiger partial charge in [-0.3, -0.25) is 9.97 Å². The van der Waals surface area contributed by atoms with E-state index in [9.17, 15) is 0 Å². The maximum Gasteiger partial charge on any atom is 0.108 e. The van der Waals surface area contributed by atoms with Crippen molar-refractivity contribution in [3.05, 3.63) is 24.3 Å². The molecular weight excluding hydrogens is 112 g/mol. The van der Waals surface area contributed by atoms with Gasteiger partial charge in [0.1, 0.15) is 6.20 Å². The first-order valence-corrected chi connectivity index (χ1v) is 3.10. The molecule has 0 saturated carbocycles. The first-order chi connectivity index (χ1) is 4.43. The summed E-state index contributed by atoms with van der Waals surface area (Å²) in [4.78, 5) is 7.87. The van der Waals surface area contributed by atoms with Gasteiger partial charge >= 0.3 is 0 Å². The molecule has 2 heteroatoms. The second-order valence-electron chi connectivity index (χ2n) is 1.89. The van der Waals surface area contributed by atoms with Crippen LogP contribution in [-0.4, -0.2) is 9.97 Å². The molecule has 0 aliphatic heterocycles. The predicted octanol–water partition coefficient (Wildman–Crippen LogP) is 1.23. The number of rotatable bonds is 2. The lowest BCUT2D eigenvalue weighted by Crippen LogP contribution is -1.87. The Hall–Kier alpha value is -0.920. The molecule has 0 unspecified atom stereocenters. The topological polar surface area (TPSA) is 25.8 Å². The molecular formula is C7H9N2. The van der Waals surface area contributed by atoms with Gasteiger partial charge in [0.05, 0.1) is 11.9 Å². The van der Waals surface area contributed by atoms with E-state index in [-0.39, 0.29) is 0 Å². The summed E-state index contributed by atoms with van der Waals surface area (Å²) in [6, 6.07) is 0. The van der Waals surface area contributed by atoms with Crippen molar-refractivity contribution < 1.29 is 0 Å². The molecule has 1 heterocycles. The summed E-state index contributed by atoms with van der Waals surface area (Å²) in [5, 5.41) is 0. The Kier molecular flexibility index (Phi) is 2.19. The second kappa shape index (κ2) is 3.17. The molecule has 0 fully saturated rings. The lowest BCUT2D eigenvalue weighted by atomic mass is 10.3. The molecule has 0 spiro atoms. The van der Waals surface area contributed by atoms with Crippen LogP contribution in [0.4, 0.5) is 0 Å². The van der Waals surface area contributed by atoms with Crippen molar-refractivity contribution in [2.75, 3.05) is 0 Å². The summed E-state index contributed by atoms with van der Waals surface area (Å²) in [7, 11) is 0. The summed E-state index contributed by atoms with van der Waals surface area (Å²) >= 11 is 0. The minimum absolute atomic E-state index is 1.02. The fourth-order valence-electron chi connectivity index (χ4n) is 0.675. The highest BCUT2D eigenvalue weighted by Gasteiger charge is 1.87. The molecule has 0 aromatic carbocycles. The summed E-state index contributed by atoms with van der Waals surface area (Å²) < 4.78 is 0. The maximum absolute atomic E-state index is 4.05. The van der Waals surface area contributed by atoms with E-state index in [1.54, 1.807) is 12.4 Å². The number of hydrogen-bond acceptors (Lipinski definition) is 2. The van der Waals surface area contributed by atoms with Crippen molar-refractivity contribution in [2.45, 2.75) is 19.8 Å². The van der Waals surface area contributed by atoms with Gasteiger partial charge in [0.15, 0.2) is 0 Å². The third-order valence-corrected chi connectivity index (χ3v) is 1.08. The van der Waals surface area contributed by atoms with E-state index < -0.39 is 0 Å². The van der Waals surface area contributed by atoms with E-state index in [4.69, 9.17) is 0 Å². The Labute approximate surface area is 55.0 Å². The van der Waals surface area contributed by atoms with Gasteiger partial charge in [-0.1, -0.05) is 13.3 Å². The van der Waals surface area contributed by atoms with E-state index in [2.05, 4.69) is 23.1 Å². The SMILES string of the molecule is CCCc1cn[c]cn1. The highest BCUT2D eigenvalue weighted by atomic mass is 14.8. The van der Waals surface area contributed by atoms with E-state index in [0.717, 1.165) is 18.5 Å². The normalized spacial score (nSPS) is 9.44. The Bertz CT molecular complexity index is 160. The Morgan fingerprint density at radius 2 is 2.56 bits per heavy atom. The van der Waals surface area contributed by atoms with Crippen molar-refractivity contribution >= 4 is 0 Å². The molecule has 0 aliphatic rings. The molecule has 9 heavy (non-hydrogen) atoms. The Morgan fingerprint density at radius 1 is 1.67 bits per heavy atom. The van der Waals surface area contributed by atoms with Gasteiger partial charge in [-0.05, 0) is 6.42 Å². The minimum atomic E-state index is 1.02. The molecule has 1 aromatic rings. The molecule has 0 aliphatic carbocycles. The average Bonchev–Trinajstić information content (AvgIpc) is 1.91. The van der Waals surface area contributed by atoms with E-state index in [1.165, 1.54) is 0 Å². The van der Waals surface area contributed by atoms with Gasteiger partial charge in [0, 0.05) is 6.20 Å². The summed E-state index contributed by atoms with van der Waals surface area (Å²) in [5.74, 6) is 0. The lowest BCUT2D eigenvalue weighted by molar-refractivity contribution is 0.869. The van der Waals surface area contributed by atoms with Crippen molar-refractivity contribution in [1.29, 1.82) is 0 Å². The van der Waals surface area contributed by atoms with Gasteiger partial charge in [-0.2, -0.15) is 0 Å². The third-order valence-electron chi connectivity index (χ3n) is 1.08. The molecule has 0 amide bonds. The van der Waals surface area contributed by atoms with E-state index >= 15 is 0 Å². The van der Waals surface area contributed by atoms with Crippen LogP contribution in [-0.2, 0) is 6.42 Å². The smallest absolute Gasteiger partial charge is 0.108 e. The summed E-state index contributed by atoms with van der Waals surface area (Å²) in [6.07, 6.45) is 8.12. The molecule has 0 saturated heterocycles. The van der Waals surface area contributed by atoms with Crippen molar-refractivity contribution in [3.8, 4) is 0 Å². The lowest BCUT2D eigenvalue weighted by Gasteiger charge is -1.91. The number of nitrogens with zero attached hydrogens (tertiary/aromatic N) is 2. The molecule has 1 aromatic heterocycles. The fourth-order valence-corrected chi connectivity index (χ4v) is 0.675. The fraction of sp³-hybridized carbons (Fsp3) is 0.429. The van der Waals surface area contributed by atoms with Crippen LogP contribution in [0.15, 0.2) is 12.4 Å². The molecule has 1 radical (unpaired) electrons. The predicted molar refractivity (Wildman–Crippen MR) is 34.9 cm³/mol. The Balaban J connectivity index is 2.61. The zero-order valence-electron chi connectivity index (χ0n) is 5.46. The molecule has 0 bridgehead atoms. The monoisotopic (exact) mass is 121 g/mol. The molecule has 2 nitrogen and oxygen atoms in total. The summed E-state index contributed by atoms with van der Waals surface area (Å²) in [5.41, 5.74) is 1.05. The number of aromatic nitrogens is 2. The maximum atomic E-state index is 4.05. The van der Waals surface area contributed by atoms with Gasteiger partial charge in [-0.15, -0.1) is 0 Å². The standard InChI is InChI=1S/C7H9N2/c1-2-3-7-6-8-4-5-9-7/h5-6H,2-3H2,1H3. The first-order valence-electron chi connectivity index (χ1n) is 3.10. The van der Waals surface area contributed by atoms with Gasteiger partial charge in [0.25, 0.3) is 0 Å². The van der Waals surface area contributed by atoms with Crippen LogP contribution >= 0.6 is 0 Å². The van der Waals surface area contributed by atoms with Gasteiger partial charge in [-0.25, -0.2) is 0 Å². The first kappa shape index (κ1) is 6.20. The molecule has 0 atom stereocenters. The highest BCUT2D eigenvalue weighted by molar-refractivity contribution is 4.93. The number of aryl methyl sites for hydroxylation is 1. The quantitative estimate of drug-likeness (QED) is 0.588. The van der Waals surface area contributed by atoms with Gasteiger partial charge < -0.3 is 0 Å². The van der Waals surface area contributed by atoms with Crippen LogP contribution in [0.1, 0.15) is 19.0 Å². The van der Waals surface area contributed by atoms with Gasteiger partial charge in [0.2, 0.25) is 0 Å². The zero-order valence-corrected chi connectivity index (χ0v) is 5.46. The van der Waals surface area contributed by atoms with E-state index in [1.807, 2.05) is 0 Å². The average molecular weight is 121 g/mol. The molecule has 1 rings (SSSR count). The van der Waals surface area contributed by atoms with Crippen LogP contribution < -0.4 is 0 Å². The second-order valence-corrected chi connectivity index (χ2v) is 1.89. The van der Waals surface area contributed by atoms with Crippen LogP contribution in [0.5, 0.6) is 0 Å². The van der Waals surface area contributed by atoms with Crippen LogP contribution in [0.3, 0.4) is 0 Å².